The van der Waals surface area contributed by atoms with Crippen molar-refractivity contribution in [3.05, 3.63) is 36.4 Å². The van der Waals surface area contributed by atoms with Gasteiger partial charge in [-0.1, -0.05) is 25.5 Å². The first-order valence-corrected chi connectivity index (χ1v) is 9.41. The fourth-order valence-electron chi connectivity index (χ4n) is 3.54. The molecule has 2 fully saturated rings. The van der Waals surface area contributed by atoms with E-state index in [2.05, 4.69) is 11.9 Å². The molecule has 1 aliphatic heterocycles. The molecule has 0 aromatic heterocycles. The first-order valence-electron chi connectivity index (χ1n) is 9.41. The van der Waals surface area contributed by atoms with Gasteiger partial charge >= 0.3 is 5.97 Å². The van der Waals surface area contributed by atoms with Crippen LogP contribution >= 0.6 is 0 Å². The second-order valence-corrected chi connectivity index (χ2v) is 7.35. The second kappa shape index (κ2) is 8.04. The summed E-state index contributed by atoms with van der Waals surface area (Å²) in [5, 5.41) is 2.91. The number of fused-ring (bicyclic) bond motifs is 1. The molecule has 2 aliphatic rings. The number of rotatable bonds is 7. The number of benzene rings is 1. The van der Waals surface area contributed by atoms with E-state index in [1.54, 1.807) is 24.3 Å². The summed E-state index contributed by atoms with van der Waals surface area (Å²) in [6.45, 7) is 7.84. The lowest BCUT2D eigenvalue weighted by molar-refractivity contribution is -0.139. The van der Waals surface area contributed by atoms with Gasteiger partial charge in [0.1, 0.15) is 5.75 Å². The molecular weight excluding hydrogens is 330 g/mol. The Hall–Kier alpha value is -2.14. The van der Waals surface area contributed by atoms with Crippen LogP contribution in [0, 0.1) is 11.8 Å². The van der Waals surface area contributed by atoms with Gasteiger partial charge in [0.05, 0.1) is 24.0 Å². The lowest BCUT2D eigenvalue weighted by atomic mass is 9.89. The number of amides is 1. The van der Waals surface area contributed by atoms with Crippen LogP contribution in [0.25, 0.3) is 0 Å². The Morgan fingerprint density at radius 2 is 2.00 bits per heavy atom. The number of esters is 1. The highest BCUT2D eigenvalue weighted by atomic mass is 16.6. The van der Waals surface area contributed by atoms with Gasteiger partial charge in [-0.2, -0.15) is 0 Å². The molecule has 1 amide bonds. The highest BCUT2D eigenvalue weighted by molar-refractivity contribution is 5.94. The highest BCUT2D eigenvalue weighted by Crippen LogP contribution is 2.39. The third-order valence-electron chi connectivity index (χ3n) is 5.17. The highest BCUT2D eigenvalue weighted by Gasteiger charge is 2.46. The van der Waals surface area contributed by atoms with Crippen LogP contribution in [0.1, 0.15) is 46.0 Å². The molecule has 1 saturated carbocycles. The number of hydrogen-bond donors (Lipinski definition) is 1. The molecule has 140 valence electrons. The number of ether oxygens (including phenoxy) is 2. The van der Waals surface area contributed by atoms with Gasteiger partial charge in [-0.15, -0.1) is 0 Å². The fourth-order valence-corrected chi connectivity index (χ4v) is 3.54. The SMILES string of the molecule is C=C(C)C(CCC)C(=O)Nc1ccc(OC(=O)C2CCC3OC3C2)cc1. The molecule has 4 atom stereocenters. The molecular formula is C21H27NO4. The van der Waals surface area contributed by atoms with E-state index in [0.717, 1.165) is 37.7 Å². The summed E-state index contributed by atoms with van der Waals surface area (Å²) >= 11 is 0. The summed E-state index contributed by atoms with van der Waals surface area (Å²) in [5.74, 6) is -0.0102. The Balaban J connectivity index is 1.53. The topological polar surface area (TPSA) is 67.9 Å². The summed E-state index contributed by atoms with van der Waals surface area (Å²) in [7, 11) is 0. The summed E-state index contributed by atoms with van der Waals surface area (Å²) in [6.07, 6.45) is 4.86. The number of nitrogens with one attached hydrogen (secondary N) is 1. The van der Waals surface area contributed by atoms with Crippen molar-refractivity contribution >= 4 is 17.6 Å². The normalized spacial score (nSPS) is 24.9. The van der Waals surface area contributed by atoms with E-state index < -0.39 is 0 Å². The molecule has 0 radical (unpaired) electrons. The van der Waals surface area contributed by atoms with E-state index in [4.69, 9.17) is 9.47 Å². The molecule has 1 aromatic rings. The zero-order chi connectivity index (χ0) is 18.7. The molecule has 5 heteroatoms. The molecule has 1 saturated heterocycles. The first-order chi connectivity index (χ1) is 12.5. The zero-order valence-electron chi connectivity index (χ0n) is 15.5. The van der Waals surface area contributed by atoms with E-state index in [9.17, 15) is 9.59 Å². The smallest absolute Gasteiger partial charge is 0.314 e. The predicted molar refractivity (Wildman–Crippen MR) is 99.9 cm³/mol. The van der Waals surface area contributed by atoms with Gasteiger partial charge in [-0.05, 0) is 56.9 Å². The average molecular weight is 357 g/mol. The Morgan fingerprint density at radius 1 is 1.27 bits per heavy atom. The van der Waals surface area contributed by atoms with Crippen LogP contribution in [-0.4, -0.2) is 24.1 Å². The predicted octanol–water partition coefficient (Wildman–Crippen LogP) is 4.09. The van der Waals surface area contributed by atoms with Gasteiger partial charge in [0.25, 0.3) is 0 Å². The summed E-state index contributed by atoms with van der Waals surface area (Å²) in [6, 6.07) is 6.93. The minimum Gasteiger partial charge on any atom is -0.426 e. The lowest BCUT2D eigenvalue weighted by Crippen LogP contribution is -2.26. The Labute approximate surface area is 154 Å². The number of carbonyl (C=O) groups is 2. The van der Waals surface area contributed by atoms with Crippen LogP contribution in [0.15, 0.2) is 36.4 Å². The maximum Gasteiger partial charge on any atom is 0.314 e. The van der Waals surface area contributed by atoms with E-state index in [1.807, 2.05) is 13.8 Å². The van der Waals surface area contributed by atoms with E-state index in [1.165, 1.54) is 0 Å². The molecule has 1 aliphatic carbocycles. The molecule has 1 aromatic carbocycles. The standard InChI is InChI=1S/C21H27NO4/c1-4-5-17(13(2)3)20(23)22-15-7-9-16(10-8-15)25-21(24)14-6-11-18-19(12-14)26-18/h7-10,14,17-19H,2,4-6,11-12H2,1,3H3,(H,22,23). The van der Waals surface area contributed by atoms with Crippen LogP contribution in [0.2, 0.25) is 0 Å². The van der Waals surface area contributed by atoms with Crippen LogP contribution < -0.4 is 10.1 Å². The van der Waals surface area contributed by atoms with E-state index >= 15 is 0 Å². The van der Waals surface area contributed by atoms with Crippen molar-refractivity contribution in [2.75, 3.05) is 5.32 Å². The van der Waals surface area contributed by atoms with E-state index in [-0.39, 0.29) is 29.8 Å². The summed E-state index contributed by atoms with van der Waals surface area (Å²) < 4.78 is 10.9. The largest absolute Gasteiger partial charge is 0.426 e. The van der Waals surface area contributed by atoms with Crippen molar-refractivity contribution in [3.63, 3.8) is 0 Å². The van der Waals surface area contributed by atoms with E-state index in [0.29, 0.717) is 17.5 Å². The first kappa shape index (κ1) is 18.6. The number of epoxide rings is 1. The van der Waals surface area contributed by atoms with Crippen molar-refractivity contribution in [1.29, 1.82) is 0 Å². The van der Waals surface area contributed by atoms with Crippen molar-refractivity contribution in [2.24, 2.45) is 11.8 Å². The van der Waals surface area contributed by atoms with Crippen LogP contribution in [0.3, 0.4) is 0 Å². The van der Waals surface area contributed by atoms with Gasteiger partial charge in [0.15, 0.2) is 0 Å². The second-order valence-electron chi connectivity index (χ2n) is 7.35. The van der Waals surface area contributed by atoms with Gasteiger partial charge in [-0.3, -0.25) is 9.59 Å². The minimum atomic E-state index is -0.193. The van der Waals surface area contributed by atoms with Crippen LogP contribution in [0.5, 0.6) is 5.75 Å². The van der Waals surface area contributed by atoms with Crippen molar-refractivity contribution in [1.82, 2.24) is 0 Å². The third-order valence-corrected chi connectivity index (χ3v) is 5.17. The number of carbonyl (C=O) groups excluding carboxylic acids is 2. The molecule has 1 N–H and O–H groups in total. The third kappa shape index (κ3) is 4.52. The maximum absolute atomic E-state index is 12.4. The Bertz CT molecular complexity index is 682. The monoisotopic (exact) mass is 357 g/mol. The number of hydrogen-bond acceptors (Lipinski definition) is 4. The van der Waals surface area contributed by atoms with Gasteiger partial charge in [0.2, 0.25) is 5.91 Å². The van der Waals surface area contributed by atoms with Crippen molar-refractivity contribution in [3.8, 4) is 5.75 Å². The average Bonchev–Trinajstić information content (AvgIpc) is 3.39. The van der Waals surface area contributed by atoms with Crippen molar-refractivity contribution in [2.45, 2.75) is 58.2 Å². The van der Waals surface area contributed by atoms with Crippen molar-refractivity contribution < 1.29 is 19.1 Å². The molecule has 26 heavy (non-hydrogen) atoms. The maximum atomic E-state index is 12.4. The van der Waals surface area contributed by atoms with Gasteiger partial charge in [-0.25, -0.2) is 0 Å². The molecule has 0 bridgehead atoms. The fraction of sp³-hybridized carbons (Fsp3) is 0.524. The minimum absolute atomic E-state index is 0.0507. The summed E-state index contributed by atoms with van der Waals surface area (Å²) in [5.41, 5.74) is 1.55. The Kier molecular flexibility index (Phi) is 5.77. The molecule has 1 heterocycles. The quantitative estimate of drug-likeness (QED) is 0.345. The lowest BCUT2D eigenvalue weighted by Gasteiger charge is -2.18. The number of anilines is 1. The summed E-state index contributed by atoms with van der Waals surface area (Å²) in [4.78, 5) is 24.7. The van der Waals surface area contributed by atoms with Gasteiger partial charge in [0, 0.05) is 5.69 Å². The Morgan fingerprint density at radius 3 is 2.62 bits per heavy atom. The molecule has 4 unspecified atom stereocenters. The van der Waals surface area contributed by atoms with Gasteiger partial charge < -0.3 is 14.8 Å². The molecule has 3 rings (SSSR count). The molecule has 0 spiro atoms. The van der Waals surface area contributed by atoms with Crippen LogP contribution in [0.4, 0.5) is 5.69 Å². The molecule has 5 nitrogen and oxygen atoms in total. The van der Waals surface area contributed by atoms with Crippen LogP contribution in [-0.2, 0) is 14.3 Å². The zero-order valence-corrected chi connectivity index (χ0v) is 15.5.